The van der Waals surface area contributed by atoms with Crippen molar-refractivity contribution in [2.75, 3.05) is 0 Å². The van der Waals surface area contributed by atoms with Crippen molar-refractivity contribution < 1.29 is 4.39 Å². The van der Waals surface area contributed by atoms with Gasteiger partial charge in [0, 0.05) is 5.56 Å². The van der Waals surface area contributed by atoms with Crippen molar-refractivity contribution in [2.45, 2.75) is 72.1 Å². The maximum Gasteiger partial charge on any atom is 0.131 e. The Bertz CT molecular complexity index is 627. The molecule has 2 rings (SSSR count). The molecule has 0 saturated heterocycles. The lowest BCUT2D eigenvalue weighted by atomic mass is 9.96. The van der Waals surface area contributed by atoms with Gasteiger partial charge in [-0.3, -0.25) is 0 Å². The van der Waals surface area contributed by atoms with Gasteiger partial charge in [0.2, 0.25) is 0 Å². The first-order valence-corrected chi connectivity index (χ1v) is 10.0. The van der Waals surface area contributed by atoms with Crippen LogP contribution in [0.1, 0.15) is 70.4 Å². The number of benzene rings is 2. The van der Waals surface area contributed by atoms with Gasteiger partial charge in [0.1, 0.15) is 5.82 Å². The Hall–Kier alpha value is -1.63. The Morgan fingerprint density at radius 2 is 1.52 bits per heavy atom. The van der Waals surface area contributed by atoms with E-state index >= 15 is 0 Å². The fourth-order valence-electron chi connectivity index (χ4n) is 3.25. The fourth-order valence-corrected chi connectivity index (χ4v) is 3.25. The van der Waals surface area contributed by atoms with E-state index in [-0.39, 0.29) is 5.82 Å². The molecule has 1 heteroatoms. The lowest BCUT2D eigenvalue weighted by molar-refractivity contribution is 0.560. The molecule has 0 nitrogen and oxygen atoms in total. The van der Waals surface area contributed by atoms with Crippen molar-refractivity contribution in [3.63, 3.8) is 0 Å². The zero-order valence-corrected chi connectivity index (χ0v) is 16.2. The quantitative estimate of drug-likeness (QED) is 0.391. The van der Waals surface area contributed by atoms with Gasteiger partial charge in [-0.15, -0.1) is 0 Å². The highest BCUT2D eigenvalue weighted by molar-refractivity contribution is 5.64. The van der Waals surface area contributed by atoms with Crippen LogP contribution in [0.15, 0.2) is 42.5 Å². The summed E-state index contributed by atoms with van der Waals surface area (Å²) >= 11 is 0. The van der Waals surface area contributed by atoms with Crippen LogP contribution < -0.4 is 0 Å². The Kier molecular flexibility index (Phi) is 8.18. The molecule has 0 aliphatic rings. The maximum atomic E-state index is 14.5. The molecule has 0 N–H and O–H groups in total. The Balaban J connectivity index is 1.97. The number of unbranched alkanes of at least 4 members (excludes halogenated alkanes) is 4. The van der Waals surface area contributed by atoms with E-state index in [1.807, 2.05) is 6.07 Å². The molecule has 2 aromatic rings. The van der Waals surface area contributed by atoms with Crippen molar-refractivity contribution in [2.24, 2.45) is 5.92 Å². The molecule has 136 valence electrons. The number of aryl methyl sites for hydroxylation is 1. The molecule has 0 heterocycles. The normalized spacial score (nSPS) is 12.3. The van der Waals surface area contributed by atoms with Gasteiger partial charge in [0.15, 0.2) is 0 Å². The van der Waals surface area contributed by atoms with Crippen LogP contribution in [0.4, 0.5) is 4.39 Å². The molecule has 1 atom stereocenters. The van der Waals surface area contributed by atoms with Gasteiger partial charge in [0.05, 0.1) is 0 Å². The van der Waals surface area contributed by atoms with Crippen LogP contribution in [0.5, 0.6) is 0 Å². The van der Waals surface area contributed by atoms with Crippen molar-refractivity contribution in [1.82, 2.24) is 0 Å². The van der Waals surface area contributed by atoms with E-state index in [0.29, 0.717) is 11.5 Å². The summed E-state index contributed by atoms with van der Waals surface area (Å²) in [5.74, 6) is 0.597. The Morgan fingerprint density at radius 1 is 0.840 bits per heavy atom. The largest absolute Gasteiger partial charge is 0.206 e. The Labute approximate surface area is 153 Å². The molecular formula is C24H33F. The average Bonchev–Trinajstić information content (AvgIpc) is 2.62. The van der Waals surface area contributed by atoms with Gasteiger partial charge in [-0.25, -0.2) is 4.39 Å². The van der Waals surface area contributed by atoms with E-state index in [4.69, 9.17) is 0 Å². The second-order valence-corrected chi connectivity index (χ2v) is 7.39. The first kappa shape index (κ1) is 19.7. The average molecular weight is 341 g/mol. The summed E-state index contributed by atoms with van der Waals surface area (Å²) in [6, 6.07) is 14.2. The second-order valence-electron chi connectivity index (χ2n) is 7.39. The molecule has 0 spiro atoms. The van der Waals surface area contributed by atoms with E-state index < -0.39 is 0 Å². The molecule has 25 heavy (non-hydrogen) atoms. The highest BCUT2D eigenvalue weighted by Gasteiger charge is 2.07. The molecule has 0 bridgehead atoms. The minimum Gasteiger partial charge on any atom is -0.206 e. The second kappa shape index (κ2) is 10.4. The third-order valence-corrected chi connectivity index (χ3v) is 5.15. The summed E-state index contributed by atoms with van der Waals surface area (Å²) in [7, 11) is 0. The van der Waals surface area contributed by atoms with E-state index in [0.717, 1.165) is 30.4 Å². The van der Waals surface area contributed by atoms with Gasteiger partial charge in [-0.2, -0.15) is 0 Å². The van der Waals surface area contributed by atoms with Crippen LogP contribution in [-0.2, 0) is 12.8 Å². The molecule has 2 aromatic carbocycles. The first-order valence-electron chi connectivity index (χ1n) is 10.0. The van der Waals surface area contributed by atoms with E-state index in [9.17, 15) is 4.39 Å². The molecule has 1 unspecified atom stereocenters. The summed E-state index contributed by atoms with van der Waals surface area (Å²) in [6.07, 6.45) is 9.53. The summed E-state index contributed by atoms with van der Waals surface area (Å²) in [5.41, 5.74) is 4.14. The van der Waals surface area contributed by atoms with Gasteiger partial charge in [0.25, 0.3) is 0 Å². The fraction of sp³-hybridized carbons (Fsp3) is 0.500. The molecule has 0 fully saturated rings. The summed E-state index contributed by atoms with van der Waals surface area (Å²) in [6.45, 7) is 6.72. The molecule has 0 aliphatic heterocycles. The molecule has 0 aliphatic carbocycles. The van der Waals surface area contributed by atoms with Gasteiger partial charge >= 0.3 is 0 Å². The van der Waals surface area contributed by atoms with Crippen LogP contribution in [0.3, 0.4) is 0 Å². The third kappa shape index (κ3) is 6.30. The van der Waals surface area contributed by atoms with Gasteiger partial charge < -0.3 is 0 Å². The summed E-state index contributed by atoms with van der Waals surface area (Å²) in [4.78, 5) is 0. The van der Waals surface area contributed by atoms with Crippen LogP contribution in [0, 0.1) is 11.7 Å². The number of halogens is 1. The van der Waals surface area contributed by atoms with Crippen LogP contribution in [0.25, 0.3) is 11.1 Å². The van der Waals surface area contributed by atoms with Gasteiger partial charge in [-0.05, 0) is 47.9 Å². The predicted molar refractivity (Wildman–Crippen MR) is 107 cm³/mol. The zero-order chi connectivity index (χ0) is 18.1. The zero-order valence-electron chi connectivity index (χ0n) is 16.2. The summed E-state index contributed by atoms with van der Waals surface area (Å²) < 4.78 is 14.5. The van der Waals surface area contributed by atoms with Crippen molar-refractivity contribution in [1.29, 1.82) is 0 Å². The molecule has 0 saturated carbocycles. The number of hydrogen-bond acceptors (Lipinski definition) is 0. The SMILES string of the molecule is CCCCCCCc1ccc(-c2ccc(CC(C)CC)cc2)c(F)c1. The standard InChI is InChI=1S/C24H33F/c1-4-6-7-8-9-10-20-13-16-23(24(25)18-20)22-14-11-21(12-15-22)17-19(3)5-2/h11-16,18-19H,4-10,17H2,1-3H3. The highest BCUT2D eigenvalue weighted by atomic mass is 19.1. The lowest BCUT2D eigenvalue weighted by Gasteiger charge is -2.10. The van der Waals surface area contributed by atoms with E-state index in [1.54, 1.807) is 6.07 Å². The number of hydrogen-bond donors (Lipinski definition) is 0. The molecular weight excluding hydrogens is 307 g/mol. The smallest absolute Gasteiger partial charge is 0.131 e. The van der Waals surface area contributed by atoms with Crippen molar-refractivity contribution in [3.8, 4) is 11.1 Å². The third-order valence-electron chi connectivity index (χ3n) is 5.15. The topological polar surface area (TPSA) is 0 Å². The molecule has 0 radical (unpaired) electrons. The Morgan fingerprint density at radius 3 is 2.16 bits per heavy atom. The van der Waals surface area contributed by atoms with Crippen molar-refractivity contribution >= 4 is 0 Å². The van der Waals surface area contributed by atoms with Gasteiger partial charge in [-0.1, -0.05) is 89.3 Å². The highest BCUT2D eigenvalue weighted by Crippen LogP contribution is 2.25. The summed E-state index contributed by atoms with van der Waals surface area (Å²) in [5, 5.41) is 0. The minimum atomic E-state index is -0.0965. The molecule has 0 aromatic heterocycles. The van der Waals surface area contributed by atoms with Crippen molar-refractivity contribution in [3.05, 3.63) is 59.4 Å². The van der Waals surface area contributed by atoms with Crippen LogP contribution in [0.2, 0.25) is 0 Å². The lowest BCUT2D eigenvalue weighted by Crippen LogP contribution is -1.97. The van der Waals surface area contributed by atoms with Crippen LogP contribution in [-0.4, -0.2) is 0 Å². The number of rotatable bonds is 10. The molecule has 0 amide bonds. The predicted octanol–water partition coefficient (Wildman–Crippen LogP) is 7.59. The van der Waals surface area contributed by atoms with E-state index in [2.05, 4.69) is 51.1 Å². The maximum absolute atomic E-state index is 14.5. The first-order chi connectivity index (χ1) is 12.1. The monoisotopic (exact) mass is 340 g/mol. The van der Waals surface area contributed by atoms with E-state index in [1.165, 1.54) is 37.7 Å². The van der Waals surface area contributed by atoms with Crippen LogP contribution >= 0.6 is 0 Å². The minimum absolute atomic E-state index is 0.0965.